The SMILES string of the molecule is CC(C)CNC(=O)[C@H]1COC2(CCC(C)CC2)N1C(=O)c1cccc(Cl)c1. The fourth-order valence-electron chi connectivity index (χ4n) is 3.96. The number of amides is 2. The third-order valence-corrected chi connectivity index (χ3v) is 5.83. The summed E-state index contributed by atoms with van der Waals surface area (Å²) >= 11 is 6.09. The second kappa shape index (κ2) is 8.19. The summed E-state index contributed by atoms with van der Waals surface area (Å²) in [6.45, 7) is 7.13. The van der Waals surface area contributed by atoms with Crippen molar-refractivity contribution >= 4 is 23.4 Å². The van der Waals surface area contributed by atoms with Crippen molar-refractivity contribution in [2.45, 2.75) is 58.2 Å². The molecule has 27 heavy (non-hydrogen) atoms. The number of carbonyl (C=O) groups is 2. The summed E-state index contributed by atoms with van der Waals surface area (Å²) in [6.07, 6.45) is 3.49. The molecule has 6 heteroatoms. The first-order valence-electron chi connectivity index (χ1n) is 9.83. The fourth-order valence-corrected chi connectivity index (χ4v) is 4.15. The summed E-state index contributed by atoms with van der Waals surface area (Å²) in [5.74, 6) is 0.623. The zero-order chi connectivity index (χ0) is 19.6. The number of hydrogen-bond donors (Lipinski definition) is 1. The first-order valence-corrected chi connectivity index (χ1v) is 10.2. The largest absolute Gasteiger partial charge is 0.354 e. The van der Waals surface area contributed by atoms with E-state index < -0.39 is 11.8 Å². The first kappa shape index (κ1) is 20.2. The summed E-state index contributed by atoms with van der Waals surface area (Å²) < 4.78 is 6.17. The van der Waals surface area contributed by atoms with E-state index in [9.17, 15) is 9.59 Å². The van der Waals surface area contributed by atoms with Crippen molar-refractivity contribution in [2.24, 2.45) is 11.8 Å². The first-order chi connectivity index (χ1) is 12.8. The van der Waals surface area contributed by atoms with Crippen LogP contribution in [0.5, 0.6) is 0 Å². The Morgan fingerprint density at radius 2 is 2.04 bits per heavy atom. The van der Waals surface area contributed by atoms with Crippen LogP contribution in [-0.2, 0) is 9.53 Å². The van der Waals surface area contributed by atoms with Crippen LogP contribution in [0.15, 0.2) is 24.3 Å². The predicted octanol–water partition coefficient (Wildman–Crippen LogP) is 3.86. The highest BCUT2D eigenvalue weighted by Gasteiger charge is 2.53. The fraction of sp³-hybridized carbons (Fsp3) is 0.619. The van der Waals surface area contributed by atoms with E-state index in [0.29, 0.717) is 29.0 Å². The highest BCUT2D eigenvalue weighted by atomic mass is 35.5. The minimum absolute atomic E-state index is 0.144. The van der Waals surface area contributed by atoms with E-state index >= 15 is 0 Å². The molecule has 1 aliphatic carbocycles. The Bertz CT molecular complexity index is 698. The highest BCUT2D eigenvalue weighted by Crippen LogP contribution is 2.43. The van der Waals surface area contributed by atoms with Crippen LogP contribution in [0.4, 0.5) is 0 Å². The molecule has 1 aromatic rings. The van der Waals surface area contributed by atoms with E-state index in [1.807, 2.05) is 13.8 Å². The average Bonchev–Trinajstić information content (AvgIpc) is 3.00. The summed E-state index contributed by atoms with van der Waals surface area (Å²) in [4.78, 5) is 28.0. The van der Waals surface area contributed by atoms with Crippen molar-refractivity contribution in [1.29, 1.82) is 0 Å². The third kappa shape index (κ3) is 4.30. The van der Waals surface area contributed by atoms with Gasteiger partial charge < -0.3 is 10.1 Å². The number of nitrogens with one attached hydrogen (secondary N) is 1. The van der Waals surface area contributed by atoms with Gasteiger partial charge in [-0.3, -0.25) is 14.5 Å². The van der Waals surface area contributed by atoms with Gasteiger partial charge in [0.05, 0.1) is 6.61 Å². The molecule has 0 aromatic heterocycles. The number of hydrogen-bond acceptors (Lipinski definition) is 3. The average molecular weight is 393 g/mol. The van der Waals surface area contributed by atoms with Crippen molar-refractivity contribution < 1.29 is 14.3 Å². The number of rotatable bonds is 4. The summed E-state index contributed by atoms with van der Waals surface area (Å²) in [7, 11) is 0. The van der Waals surface area contributed by atoms with E-state index in [0.717, 1.165) is 25.7 Å². The maximum atomic E-state index is 13.4. The minimum atomic E-state index is -0.689. The number of carbonyl (C=O) groups excluding carboxylic acids is 2. The van der Waals surface area contributed by atoms with Crippen molar-refractivity contribution in [3.63, 3.8) is 0 Å². The van der Waals surface area contributed by atoms with Gasteiger partial charge in [0.2, 0.25) is 5.91 Å². The quantitative estimate of drug-likeness (QED) is 0.846. The molecule has 1 aliphatic heterocycles. The standard InChI is InChI=1S/C21H29ClN2O3/c1-14(2)12-23-19(25)18-13-27-21(9-7-15(3)8-10-21)24(18)20(26)16-5-4-6-17(22)11-16/h4-6,11,14-15,18H,7-10,12-13H2,1-3H3,(H,23,25)/t15?,18-,21?/m1/s1. The smallest absolute Gasteiger partial charge is 0.256 e. The molecule has 1 spiro atoms. The molecule has 1 heterocycles. The van der Waals surface area contributed by atoms with Crippen molar-refractivity contribution in [3.8, 4) is 0 Å². The summed E-state index contributed by atoms with van der Waals surface area (Å²) in [5, 5.41) is 3.47. The number of benzene rings is 1. The lowest BCUT2D eigenvalue weighted by Gasteiger charge is -2.43. The second-order valence-corrected chi connectivity index (χ2v) is 8.72. The summed E-state index contributed by atoms with van der Waals surface area (Å²) in [5.41, 5.74) is -0.196. The van der Waals surface area contributed by atoms with Crippen LogP contribution in [0, 0.1) is 11.8 Å². The molecule has 0 radical (unpaired) electrons. The van der Waals surface area contributed by atoms with Crippen LogP contribution in [0.3, 0.4) is 0 Å². The Balaban J connectivity index is 1.90. The molecule has 148 valence electrons. The van der Waals surface area contributed by atoms with Gasteiger partial charge in [-0.15, -0.1) is 0 Å². The Hall–Kier alpha value is -1.59. The van der Waals surface area contributed by atoms with Crippen molar-refractivity contribution in [3.05, 3.63) is 34.9 Å². The molecule has 5 nitrogen and oxygen atoms in total. The molecular weight excluding hydrogens is 364 g/mol. The molecule has 1 aromatic carbocycles. The molecule has 1 atom stereocenters. The van der Waals surface area contributed by atoms with Crippen LogP contribution in [0.2, 0.25) is 5.02 Å². The van der Waals surface area contributed by atoms with E-state index in [-0.39, 0.29) is 18.4 Å². The van der Waals surface area contributed by atoms with Crippen molar-refractivity contribution in [2.75, 3.05) is 13.2 Å². The molecule has 1 saturated heterocycles. The lowest BCUT2D eigenvalue weighted by molar-refractivity contribution is -0.128. The van der Waals surface area contributed by atoms with Gasteiger partial charge in [-0.05, 0) is 55.7 Å². The third-order valence-electron chi connectivity index (χ3n) is 5.59. The van der Waals surface area contributed by atoms with Gasteiger partial charge in [-0.2, -0.15) is 0 Å². The Kier molecular flexibility index (Phi) is 6.11. The molecule has 2 amide bonds. The van der Waals surface area contributed by atoms with Gasteiger partial charge in [0.15, 0.2) is 0 Å². The van der Waals surface area contributed by atoms with Gasteiger partial charge in [0.1, 0.15) is 11.8 Å². The van der Waals surface area contributed by atoms with E-state index in [1.54, 1.807) is 29.2 Å². The van der Waals surface area contributed by atoms with Crippen LogP contribution in [0.1, 0.15) is 56.8 Å². The van der Waals surface area contributed by atoms with Gasteiger partial charge in [-0.25, -0.2) is 0 Å². The predicted molar refractivity (Wildman–Crippen MR) is 106 cm³/mol. The van der Waals surface area contributed by atoms with Gasteiger partial charge >= 0.3 is 0 Å². The number of nitrogens with zero attached hydrogens (tertiary/aromatic N) is 1. The maximum absolute atomic E-state index is 13.4. The van der Waals surface area contributed by atoms with Crippen LogP contribution in [-0.4, -0.2) is 41.6 Å². The monoisotopic (exact) mass is 392 g/mol. The number of halogens is 1. The van der Waals surface area contributed by atoms with Crippen molar-refractivity contribution in [1.82, 2.24) is 10.2 Å². The molecule has 1 saturated carbocycles. The lowest BCUT2D eigenvalue weighted by atomic mass is 9.83. The van der Waals surface area contributed by atoms with E-state index in [1.165, 1.54) is 0 Å². The molecule has 2 fully saturated rings. The molecule has 2 aliphatic rings. The second-order valence-electron chi connectivity index (χ2n) is 8.28. The molecule has 1 N–H and O–H groups in total. The number of ether oxygens (including phenoxy) is 1. The van der Waals surface area contributed by atoms with Gasteiger partial charge in [-0.1, -0.05) is 38.4 Å². The zero-order valence-electron chi connectivity index (χ0n) is 16.3. The highest BCUT2D eigenvalue weighted by molar-refractivity contribution is 6.31. The molecule has 0 bridgehead atoms. The summed E-state index contributed by atoms with van der Waals surface area (Å²) in [6, 6.07) is 6.29. The Morgan fingerprint density at radius 1 is 1.33 bits per heavy atom. The molecular formula is C21H29ClN2O3. The maximum Gasteiger partial charge on any atom is 0.256 e. The van der Waals surface area contributed by atoms with E-state index in [2.05, 4.69) is 12.2 Å². The van der Waals surface area contributed by atoms with Crippen LogP contribution < -0.4 is 5.32 Å². The Labute approximate surface area is 166 Å². The molecule has 0 unspecified atom stereocenters. The zero-order valence-corrected chi connectivity index (χ0v) is 17.1. The normalized spacial score (nSPS) is 28.0. The topological polar surface area (TPSA) is 58.6 Å². The molecule has 3 rings (SSSR count). The minimum Gasteiger partial charge on any atom is -0.354 e. The van der Waals surface area contributed by atoms with Gasteiger partial charge in [0, 0.05) is 17.1 Å². The van der Waals surface area contributed by atoms with Gasteiger partial charge in [0.25, 0.3) is 5.91 Å². The lowest BCUT2D eigenvalue weighted by Crippen LogP contribution is -2.57. The van der Waals surface area contributed by atoms with Crippen LogP contribution >= 0.6 is 11.6 Å². The van der Waals surface area contributed by atoms with Crippen LogP contribution in [0.25, 0.3) is 0 Å². The Morgan fingerprint density at radius 3 is 2.67 bits per heavy atom. The van der Waals surface area contributed by atoms with E-state index in [4.69, 9.17) is 16.3 Å².